The Labute approximate surface area is 286 Å². The average molecular weight is 626 g/mol. The predicted octanol–water partition coefficient (Wildman–Crippen LogP) is 11.0. The Hall–Kier alpha value is -6.19. The van der Waals surface area contributed by atoms with Crippen molar-refractivity contribution in [3.05, 3.63) is 192 Å². The van der Waals surface area contributed by atoms with Crippen LogP contribution in [0, 0.1) is 0 Å². The van der Waals surface area contributed by atoms with Crippen molar-refractivity contribution >= 4 is 5.57 Å². The normalized spacial score (nSPS) is 14.8. The summed E-state index contributed by atoms with van der Waals surface area (Å²) in [6, 6.07) is 54.0. The molecule has 7 aromatic rings. The Morgan fingerprint density at radius 3 is 1.53 bits per heavy atom. The smallest absolute Gasteiger partial charge is 0.164 e. The van der Waals surface area contributed by atoms with Gasteiger partial charge in [-0.15, -0.1) is 0 Å². The molecule has 0 radical (unpaired) electrons. The second kappa shape index (κ2) is 10.9. The summed E-state index contributed by atoms with van der Waals surface area (Å²) in [4.78, 5) is 15.3. The highest BCUT2D eigenvalue weighted by Crippen LogP contribution is 2.64. The van der Waals surface area contributed by atoms with Gasteiger partial charge in [0.1, 0.15) is 0 Å². The van der Waals surface area contributed by atoms with Crippen LogP contribution >= 0.6 is 0 Å². The van der Waals surface area contributed by atoms with E-state index in [-0.39, 0.29) is 5.41 Å². The van der Waals surface area contributed by atoms with E-state index in [4.69, 9.17) is 15.0 Å². The molecule has 3 aliphatic rings. The molecule has 0 fully saturated rings. The van der Waals surface area contributed by atoms with E-state index in [1.165, 1.54) is 50.1 Å². The highest BCUT2D eigenvalue weighted by molar-refractivity contribution is 6.01. The van der Waals surface area contributed by atoms with Gasteiger partial charge in [0.25, 0.3) is 0 Å². The lowest BCUT2D eigenvalue weighted by molar-refractivity contribution is 0.780. The zero-order chi connectivity index (χ0) is 32.4. The summed E-state index contributed by atoms with van der Waals surface area (Å²) < 4.78 is 0. The fraction of sp³-hybridized carbons (Fsp3) is 0.0652. The minimum absolute atomic E-state index is 0.353. The third-order valence-electron chi connectivity index (χ3n) is 10.5. The third-order valence-corrected chi connectivity index (χ3v) is 10.5. The highest BCUT2D eigenvalue weighted by Gasteiger charge is 2.52. The Morgan fingerprint density at radius 1 is 0.408 bits per heavy atom. The van der Waals surface area contributed by atoms with Crippen molar-refractivity contribution in [3.8, 4) is 56.4 Å². The van der Waals surface area contributed by atoms with Crippen molar-refractivity contribution in [1.29, 1.82) is 0 Å². The molecule has 0 saturated carbocycles. The first kappa shape index (κ1) is 27.9. The molecule has 3 aliphatic carbocycles. The van der Waals surface area contributed by atoms with Crippen LogP contribution < -0.4 is 0 Å². The minimum Gasteiger partial charge on any atom is -0.208 e. The van der Waals surface area contributed by atoms with Gasteiger partial charge in [0.05, 0.1) is 5.41 Å². The topological polar surface area (TPSA) is 38.7 Å². The first-order chi connectivity index (χ1) is 24.3. The van der Waals surface area contributed by atoms with Crippen molar-refractivity contribution in [2.24, 2.45) is 0 Å². The fourth-order valence-corrected chi connectivity index (χ4v) is 8.49. The van der Waals surface area contributed by atoms with Gasteiger partial charge in [-0.25, -0.2) is 15.0 Å². The van der Waals surface area contributed by atoms with Crippen LogP contribution in [0.2, 0.25) is 0 Å². The van der Waals surface area contributed by atoms with Gasteiger partial charge < -0.3 is 0 Å². The van der Waals surface area contributed by atoms with Crippen molar-refractivity contribution in [2.45, 2.75) is 18.3 Å². The van der Waals surface area contributed by atoms with Gasteiger partial charge in [0, 0.05) is 16.7 Å². The summed E-state index contributed by atoms with van der Waals surface area (Å²) >= 11 is 0. The Balaban J connectivity index is 1.24. The predicted molar refractivity (Wildman–Crippen MR) is 199 cm³/mol. The van der Waals surface area contributed by atoms with E-state index < -0.39 is 0 Å². The number of benzene rings is 6. The molecule has 0 N–H and O–H groups in total. The molecular weight excluding hydrogens is 595 g/mol. The average Bonchev–Trinajstić information content (AvgIpc) is 3.66. The molecule has 3 heteroatoms. The van der Waals surface area contributed by atoms with Crippen LogP contribution in [0.3, 0.4) is 0 Å². The highest BCUT2D eigenvalue weighted by atomic mass is 15.0. The summed E-state index contributed by atoms with van der Waals surface area (Å²) in [5.74, 6) is 2.00. The van der Waals surface area contributed by atoms with Gasteiger partial charge >= 0.3 is 0 Å². The first-order valence-corrected chi connectivity index (χ1v) is 17.0. The van der Waals surface area contributed by atoms with E-state index >= 15 is 0 Å². The van der Waals surface area contributed by atoms with E-state index in [0.717, 1.165) is 35.1 Å². The zero-order valence-corrected chi connectivity index (χ0v) is 26.8. The molecule has 0 unspecified atom stereocenters. The number of allylic oxidation sites excluding steroid dienone is 4. The van der Waals surface area contributed by atoms with Gasteiger partial charge in [0.2, 0.25) is 0 Å². The largest absolute Gasteiger partial charge is 0.208 e. The van der Waals surface area contributed by atoms with Crippen LogP contribution in [0.5, 0.6) is 0 Å². The lowest BCUT2D eigenvalue weighted by atomic mass is 9.69. The van der Waals surface area contributed by atoms with Gasteiger partial charge in [-0.2, -0.15) is 0 Å². The molecule has 49 heavy (non-hydrogen) atoms. The standard InChI is InChI=1S/C46H31N3/c1-3-16-30(17-4-1)43-47-44(31-18-5-2-6-19-31)49-45(48-43)36-23-8-7-20-32(36)35-25-15-29-41-42(35)37-24-11-14-28-40(37)46(41)38-26-12-9-21-33(38)34-22-10-13-27-39(34)46/h1-10,12-23,25-29H,11,24H2. The number of hydrogen-bond acceptors (Lipinski definition) is 3. The lowest BCUT2D eigenvalue weighted by Crippen LogP contribution is -2.27. The maximum atomic E-state index is 5.15. The summed E-state index contributed by atoms with van der Waals surface area (Å²) in [7, 11) is 0. The van der Waals surface area contributed by atoms with E-state index in [1.807, 2.05) is 36.4 Å². The Morgan fingerprint density at radius 2 is 0.898 bits per heavy atom. The molecule has 6 aromatic carbocycles. The molecule has 1 heterocycles. The maximum absolute atomic E-state index is 5.15. The SMILES string of the molecule is C1=CC2=C(CC1)c1c(-c3ccccc3-c3nc(-c4ccccc4)nc(-c4ccccc4)n3)cccc1C21c2ccccc2-c2ccccc21. The van der Waals surface area contributed by atoms with Crippen LogP contribution in [-0.2, 0) is 5.41 Å². The second-order valence-electron chi connectivity index (χ2n) is 13.0. The molecule has 0 amide bonds. The van der Waals surface area contributed by atoms with Crippen LogP contribution in [0.25, 0.3) is 62.0 Å². The van der Waals surface area contributed by atoms with Crippen LogP contribution in [0.4, 0.5) is 0 Å². The Kier molecular flexibility index (Phi) is 6.22. The molecular formula is C46H31N3. The Bertz CT molecular complexity index is 2390. The third kappa shape index (κ3) is 4.06. The van der Waals surface area contributed by atoms with Crippen molar-refractivity contribution in [1.82, 2.24) is 15.0 Å². The van der Waals surface area contributed by atoms with Gasteiger partial charge in [0.15, 0.2) is 17.5 Å². The lowest BCUT2D eigenvalue weighted by Gasteiger charge is -2.32. The van der Waals surface area contributed by atoms with Crippen molar-refractivity contribution < 1.29 is 0 Å². The summed E-state index contributed by atoms with van der Waals surface area (Å²) in [6.07, 6.45) is 6.82. The summed E-state index contributed by atoms with van der Waals surface area (Å²) in [5.41, 5.74) is 15.9. The van der Waals surface area contributed by atoms with Crippen LogP contribution in [-0.4, -0.2) is 15.0 Å². The van der Waals surface area contributed by atoms with Gasteiger partial charge in [-0.3, -0.25) is 0 Å². The number of nitrogens with zero attached hydrogens (tertiary/aromatic N) is 3. The van der Waals surface area contributed by atoms with Crippen molar-refractivity contribution in [3.63, 3.8) is 0 Å². The monoisotopic (exact) mass is 625 g/mol. The van der Waals surface area contributed by atoms with Crippen molar-refractivity contribution in [2.75, 3.05) is 0 Å². The molecule has 0 saturated heterocycles. The molecule has 0 aliphatic heterocycles. The van der Waals surface area contributed by atoms with Crippen LogP contribution in [0.1, 0.15) is 35.1 Å². The fourth-order valence-electron chi connectivity index (χ4n) is 8.49. The maximum Gasteiger partial charge on any atom is 0.164 e. The number of rotatable bonds is 4. The van der Waals surface area contributed by atoms with E-state index in [0.29, 0.717) is 17.5 Å². The summed E-state index contributed by atoms with van der Waals surface area (Å²) in [6.45, 7) is 0. The van der Waals surface area contributed by atoms with E-state index in [1.54, 1.807) is 0 Å². The molecule has 1 aromatic heterocycles. The zero-order valence-electron chi connectivity index (χ0n) is 26.8. The molecule has 230 valence electrons. The molecule has 10 rings (SSSR count). The second-order valence-corrected chi connectivity index (χ2v) is 13.0. The van der Waals surface area contributed by atoms with Gasteiger partial charge in [-0.1, -0.05) is 164 Å². The minimum atomic E-state index is -0.353. The molecule has 0 bridgehead atoms. The van der Waals surface area contributed by atoms with E-state index in [9.17, 15) is 0 Å². The molecule has 0 atom stereocenters. The number of hydrogen-bond donors (Lipinski definition) is 0. The number of aromatic nitrogens is 3. The first-order valence-electron chi connectivity index (χ1n) is 17.0. The van der Waals surface area contributed by atoms with Crippen LogP contribution in [0.15, 0.2) is 169 Å². The number of fused-ring (bicyclic) bond motifs is 9. The summed E-state index contributed by atoms with van der Waals surface area (Å²) in [5, 5.41) is 0. The quantitative estimate of drug-likeness (QED) is 0.195. The molecule has 1 spiro atoms. The van der Waals surface area contributed by atoms with Gasteiger partial charge in [-0.05, 0) is 68.5 Å². The molecule has 3 nitrogen and oxygen atoms in total. The van der Waals surface area contributed by atoms with E-state index in [2.05, 4.69) is 127 Å².